The highest BCUT2D eigenvalue weighted by Gasteiger charge is 2.10. The standard InChI is InChI=1S/C12H11N5/c1-2-8-14-12-11(9-13)15-17(16-12)10-6-4-3-5-7-10/h2-7H,1,8H2,(H,14,16). The molecule has 0 atom stereocenters. The first kappa shape index (κ1) is 10.9. The van der Waals surface area contributed by atoms with E-state index < -0.39 is 0 Å². The van der Waals surface area contributed by atoms with Gasteiger partial charge in [0.15, 0.2) is 5.82 Å². The van der Waals surface area contributed by atoms with Crippen LogP contribution in [0.1, 0.15) is 5.69 Å². The molecule has 5 heteroatoms. The molecule has 1 aromatic carbocycles. The largest absolute Gasteiger partial charge is 0.363 e. The van der Waals surface area contributed by atoms with Gasteiger partial charge in [-0.15, -0.1) is 21.6 Å². The maximum absolute atomic E-state index is 8.95. The SMILES string of the molecule is C=CCNc1nn(-c2ccccc2)nc1C#N. The van der Waals surface area contributed by atoms with Crippen LogP contribution in [0.15, 0.2) is 43.0 Å². The number of benzene rings is 1. The van der Waals surface area contributed by atoms with Gasteiger partial charge in [-0.05, 0) is 12.1 Å². The number of para-hydroxylation sites is 1. The van der Waals surface area contributed by atoms with Gasteiger partial charge in [-0.25, -0.2) is 0 Å². The normalized spacial score (nSPS) is 9.59. The Balaban J connectivity index is 2.35. The average molecular weight is 225 g/mol. The molecule has 0 spiro atoms. The topological polar surface area (TPSA) is 66.5 Å². The minimum atomic E-state index is 0.274. The monoisotopic (exact) mass is 225 g/mol. The Labute approximate surface area is 99.0 Å². The molecule has 2 aromatic rings. The molecule has 84 valence electrons. The molecule has 0 saturated heterocycles. The summed E-state index contributed by atoms with van der Waals surface area (Å²) < 4.78 is 0. The van der Waals surface area contributed by atoms with Crippen LogP contribution in [-0.2, 0) is 0 Å². The number of aromatic nitrogens is 3. The second kappa shape index (κ2) is 4.94. The van der Waals surface area contributed by atoms with Crippen LogP contribution >= 0.6 is 0 Å². The molecular weight excluding hydrogens is 214 g/mol. The zero-order chi connectivity index (χ0) is 12.1. The molecule has 0 fully saturated rings. The van der Waals surface area contributed by atoms with Gasteiger partial charge in [-0.3, -0.25) is 0 Å². The number of nitrogens with one attached hydrogen (secondary N) is 1. The summed E-state index contributed by atoms with van der Waals surface area (Å²) >= 11 is 0. The molecule has 2 rings (SSSR count). The van der Waals surface area contributed by atoms with Crippen LogP contribution in [0.25, 0.3) is 5.69 Å². The summed E-state index contributed by atoms with van der Waals surface area (Å²) in [6, 6.07) is 11.4. The molecule has 0 unspecified atom stereocenters. The molecule has 1 heterocycles. The fourth-order valence-electron chi connectivity index (χ4n) is 1.35. The Hall–Kier alpha value is -2.61. The summed E-state index contributed by atoms with van der Waals surface area (Å²) in [4.78, 5) is 1.43. The van der Waals surface area contributed by atoms with Crippen LogP contribution in [0.5, 0.6) is 0 Å². The highest BCUT2D eigenvalue weighted by molar-refractivity contribution is 5.48. The predicted octanol–water partition coefficient (Wildman–Crippen LogP) is 1.74. The Morgan fingerprint density at radius 3 is 2.76 bits per heavy atom. The highest BCUT2D eigenvalue weighted by atomic mass is 15.5. The lowest BCUT2D eigenvalue weighted by Gasteiger charge is -1.98. The number of hydrogen-bond donors (Lipinski definition) is 1. The molecule has 0 amide bonds. The van der Waals surface area contributed by atoms with Gasteiger partial charge in [0, 0.05) is 6.54 Å². The fraction of sp³-hybridized carbons (Fsp3) is 0.0833. The smallest absolute Gasteiger partial charge is 0.207 e. The van der Waals surface area contributed by atoms with E-state index in [-0.39, 0.29) is 5.69 Å². The van der Waals surface area contributed by atoms with Crippen molar-refractivity contribution in [3.63, 3.8) is 0 Å². The molecule has 0 aliphatic rings. The third-order valence-electron chi connectivity index (χ3n) is 2.12. The van der Waals surface area contributed by atoms with Gasteiger partial charge >= 0.3 is 0 Å². The van der Waals surface area contributed by atoms with Crippen LogP contribution in [0.4, 0.5) is 5.82 Å². The minimum absolute atomic E-state index is 0.274. The maximum Gasteiger partial charge on any atom is 0.207 e. The molecule has 1 N–H and O–H groups in total. The van der Waals surface area contributed by atoms with Crippen molar-refractivity contribution in [3.8, 4) is 11.8 Å². The third kappa shape index (κ3) is 2.32. The van der Waals surface area contributed by atoms with Crippen molar-refractivity contribution in [3.05, 3.63) is 48.7 Å². The van der Waals surface area contributed by atoms with Crippen molar-refractivity contribution >= 4 is 5.82 Å². The van der Waals surface area contributed by atoms with Crippen molar-refractivity contribution < 1.29 is 0 Å². The van der Waals surface area contributed by atoms with E-state index in [4.69, 9.17) is 5.26 Å². The van der Waals surface area contributed by atoms with Crippen molar-refractivity contribution in [2.24, 2.45) is 0 Å². The van der Waals surface area contributed by atoms with E-state index in [1.807, 2.05) is 36.4 Å². The Kier molecular flexibility index (Phi) is 3.17. The van der Waals surface area contributed by atoms with Crippen molar-refractivity contribution in [2.75, 3.05) is 11.9 Å². The molecule has 0 aliphatic carbocycles. The zero-order valence-electron chi connectivity index (χ0n) is 9.17. The second-order valence-corrected chi connectivity index (χ2v) is 3.30. The first-order valence-electron chi connectivity index (χ1n) is 5.13. The van der Waals surface area contributed by atoms with Crippen LogP contribution in [-0.4, -0.2) is 21.5 Å². The van der Waals surface area contributed by atoms with Gasteiger partial charge in [-0.1, -0.05) is 24.3 Å². The number of hydrogen-bond acceptors (Lipinski definition) is 4. The van der Waals surface area contributed by atoms with Gasteiger partial charge in [0.25, 0.3) is 0 Å². The number of nitriles is 1. The van der Waals surface area contributed by atoms with E-state index in [0.29, 0.717) is 12.4 Å². The van der Waals surface area contributed by atoms with E-state index in [9.17, 15) is 0 Å². The Morgan fingerprint density at radius 1 is 1.35 bits per heavy atom. The summed E-state index contributed by atoms with van der Waals surface area (Å²) in [7, 11) is 0. The molecule has 0 bridgehead atoms. The van der Waals surface area contributed by atoms with E-state index in [0.717, 1.165) is 5.69 Å². The van der Waals surface area contributed by atoms with Crippen LogP contribution in [0.2, 0.25) is 0 Å². The van der Waals surface area contributed by atoms with Crippen molar-refractivity contribution in [2.45, 2.75) is 0 Å². The summed E-state index contributed by atoms with van der Waals surface area (Å²) in [5.41, 5.74) is 1.09. The first-order valence-corrected chi connectivity index (χ1v) is 5.13. The molecule has 17 heavy (non-hydrogen) atoms. The summed E-state index contributed by atoms with van der Waals surface area (Å²) in [6.45, 7) is 4.14. The lowest BCUT2D eigenvalue weighted by molar-refractivity contribution is 0.750. The Morgan fingerprint density at radius 2 is 2.12 bits per heavy atom. The molecule has 0 aliphatic heterocycles. The summed E-state index contributed by atoms with van der Waals surface area (Å²) in [6.07, 6.45) is 1.70. The lowest BCUT2D eigenvalue weighted by atomic mass is 10.3. The van der Waals surface area contributed by atoms with Gasteiger partial charge in [0.1, 0.15) is 6.07 Å². The molecule has 5 nitrogen and oxygen atoms in total. The second-order valence-electron chi connectivity index (χ2n) is 3.30. The molecular formula is C12H11N5. The van der Waals surface area contributed by atoms with Crippen LogP contribution < -0.4 is 5.32 Å². The van der Waals surface area contributed by atoms with E-state index in [1.54, 1.807) is 6.08 Å². The number of anilines is 1. The fourth-order valence-corrected chi connectivity index (χ4v) is 1.35. The summed E-state index contributed by atoms with van der Waals surface area (Å²) in [5.74, 6) is 0.469. The van der Waals surface area contributed by atoms with Crippen LogP contribution in [0.3, 0.4) is 0 Å². The van der Waals surface area contributed by atoms with Crippen molar-refractivity contribution in [1.82, 2.24) is 15.0 Å². The van der Waals surface area contributed by atoms with Gasteiger partial charge in [-0.2, -0.15) is 5.26 Å². The maximum atomic E-state index is 8.95. The highest BCUT2D eigenvalue weighted by Crippen LogP contribution is 2.11. The molecule has 0 saturated carbocycles. The van der Waals surface area contributed by atoms with Crippen molar-refractivity contribution in [1.29, 1.82) is 5.26 Å². The third-order valence-corrected chi connectivity index (χ3v) is 2.12. The van der Waals surface area contributed by atoms with Gasteiger partial charge in [0.05, 0.1) is 5.69 Å². The van der Waals surface area contributed by atoms with Gasteiger partial charge in [0.2, 0.25) is 5.69 Å². The summed E-state index contributed by atoms with van der Waals surface area (Å²) in [5, 5.41) is 20.2. The number of rotatable bonds is 4. The van der Waals surface area contributed by atoms with E-state index >= 15 is 0 Å². The molecule has 1 aromatic heterocycles. The minimum Gasteiger partial charge on any atom is -0.363 e. The quantitative estimate of drug-likeness (QED) is 0.805. The lowest BCUT2D eigenvalue weighted by Crippen LogP contribution is -2.01. The van der Waals surface area contributed by atoms with E-state index in [2.05, 4.69) is 22.1 Å². The Bertz CT molecular complexity index is 550. The van der Waals surface area contributed by atoms with E-state index in [1.165, 1.54) is 4.80 Å². The zero-order valence-corrected chi connectivity index (χ0v) is 9.17. The predicted molar refractivity (Wildman–Crippen MR) is 64.8 cm³/mol. The van der Waals surface area contributed by atoms with Crippen LogP contribution in [0, 0.1) is 11.3 Å². The molecule has 0 radical (unpaired) electrons. The first-order chi connectivity index (χ1) is 8.35. The van der Waals surface area contributed by atoms with Gasteiger partial charge < -0.3 is 5.32 Å². The average Bonchev–Trinajstić information content (AvgIpc) is 2.80. The number of nitrogens with zero attached hydrogens (tertiary/aromatic N) is 4.